The zero-order valence-electron chi connectivity index (χ0n) is 8.87. The number of hydrogen-bond acceptors (Lipinski definition) is 3. The number of benzene rings is 1. The number of ether oxygens (including phenoxy) is 1. The normalized spacial score (nSPS) is 31.8. The van der Waals surface area contributed by atoms with Crippen LogP contribution in [-0.4, -0.2) is 23.9 Å². The van der Waals surface area contributed by atoms with E-state index in [9.17, 15) is 5.11 Å². The minimum Gasteiger partial charge on any atom is -0.396 e. The van der Waals surface area contributed by atoms with Crippen molar-refractivity contribution in [2.75, 3.05) is 6.61 Å². The van der Waals surface area contributed by atoms with Crippen molar-refractivity contribution in [2.45, 2.75) is 23.5 Å². The minimum absolute atomic E-state index is 0.125. The SMILES string of the molecule is OC[C@H]1C[C@H]2C=C(Sc3ccccc3)[C@@H]1O2. The number of fused-ring (bicyclic) bond motifs is 2. The summed E-state index contributed by atoms with van der Waals surface area (Å²) < 4.78 is 5.79. The van der Waals surface area contributed by atoms with E-state index in [2.05, 4.69) is 18.2 Å². The first kappa shape index (κ1) is 10.4. The van der Waals surface area contributed by atoms with Gasteiger partial charge in [0.15, 0.2) is 0 Å². The number of rotatable bonds is 3. The Morgan fingerprint density at radius 1 is 1.31 bits per heavy atom. The van der Waals surface area contributed by atoms with Gasteiger partial charge in [-0.1, -0.05) is 30.0 Å². The molecule has 2 nitrogen and oxygen atoms in total. The molecule has 3 atom stereocenters. The van der Waals surface area contributed by atoms with Crippen molar-refractivity contribution < 1.29 is 9.84 Å². The van der Waals surface area contributed by atoms with Crippen molar-refractivity contribution in [3.05, 3.63) is 41.3 Å². The van der Waals surface area contributed by atoms with E-state index in [0.29, 0.717) is 5.92 Å². The molecule has 2 aliphatic heterocycles. The highest BCUT2D eigenvalue weighted by Crippen LogP contribution is 2.45. The Morgan fingerprint density at radius 3 is 2.81 bits per heavy atom. The van der Waals surface area contributed by atoms with Crippen LogP contribution in [0, 0.1) is 5.92 Å². The van der Waals surface area contributed by atoms with Crippen LogP contribution in [0.25, 0.3) is 0 Å². The molecule has 1 N–H and O–H groups in total. The van der Waals surface area contributed by atoms with E-state index >= 15 is 0 Å². The lowest BCUT2D eigenvalue weighted by Gasteiger charge is -2.18. The van der Waals surface area contributed by atoms with Gasteiger partial charge in [0, 0.05) is 22.3 Å². The molecule has 0 unspecified atom stereocenters. The van der Waals surface area contributed by atoms with E-state index in [1.807, 2.05) is 18.2 Å². The van der Waals surface area contributed by atoms with E-state index in [1.165, 1.54) is 9.80 Å². The lowest BCUT2D eigenvalue weighted by Crippen LogP contribution is -2.20. The van der Waals surface area contributed by atoms with Crippen LogP contribution >= 0.6 is 11.8 Å². The van der Waals surface area contributed by atoms with E-state index in [1.54, 1.807) is 11.8 Å². The maximum Gasteiger partial charge on any atom is 0.0943 e. The van der Waals surface area contributed by atoms with Gasteiger partial charge in [-0.05, 0) is 24.6 Å². The van der Waals surface area contributed by atoms with Crippen LogP contribution in [0.3, 0.4) is 0 Å². The van der Waals surface area contributed by atoms with Crippen LogP contribution in [0.2, 0.25) is 0 Å². The summed E-state index contributed by atoms with van der Waals surface area (Å²) in [5.41, 5.74) is 0. The van der Waals surface area contributed by atoms with Gasteiger partial charge in [0.25, 0.3) is 0 Å². The molecule has 0 spiro atoms. The highest BCUT2D eigenvalue weighted by atomic mass is 32.2. The summed E-state index contributed by atoms with van der Waals surface area (Å²) in [4.78, 5) is 2.50. The molecule has 3 rings (SSSR count). The van der Waals surface area contributed by atoms with Crippen LogP contribution in [0.4, 0.5) is 0 Å². The molecule has 0 aliphatic carbocycles. The van der Waals surface area contributed by atoms with Crippen LogP contribution in [-0.2, 0) is 4.74 Å². The molecule has 2 aliphatic rings. The molecular weight excluding hydrogens is 220 g/mol. The Balaban J connectivity index is 1.76. The van der Waals surface area contributed by atoms with Gasteiger partial charge in [0.1, 0.15) is 0 Å². The van der Waals surface area contributed by atoms with E-state index < -0.39 is 0 Å². The van der Waals surface area contributed by atoms with Crippen LogP contribution < -0.4 is 0 Å². The molecule has 1 aromatic rings. The molecule has 0 radical (unpaired) electrons. The monoisotopic (exact) mass is 234 g/mol. The zero-order valence-corrected chi connectivity index (χ0v) is 9.69. The highest BCUT2D eigenvalue weighted by molar-refractivity contribution is 8.03. The van der Waals surface area contributed by atoms with E-state index in [0.717, 1.165) is 6.42 Å². The average Bonchev–Trinajstić information content (AvgIpc) is 2.89. The fourth-order valence-electron chi connectivity index (χ4n) is 2.35. The Labute approximate surface area is 99.3 Å². The number of thioether (sulfide) groups is 1. The molecule has 0 aromatic heterocycles. The second-order valence-corrected chi connectivity index (χ2v) is 5.40. The second kappa shape index (κ2) is 4.24. The van der Waals surface area contributed by atoms with Crippen LogP contribution in [0.15, 0.2) is 46.2 Å². The van der Waals surface area contributed by atoms with Crippen molar-refractivity contribution >= 4 is 11.8 Å². The quantitative estimate of drug-likeness (QED) is 0.871. The predicted octanol–water partition coefficient (Wildman–Crippen LogP) is 2.44. The molecule has 84 valence electrons. The summed E-state index contributed by atoms with van der Waals surface area (Å²) in [6.07, 6.45) is 3.53. The third-order valence-corrected chi connectivity index (χ3v) is 4.24. The Bertz CT molecular complexity index is 402. The van der Waals surface area contributed by atoms with Crippen LogP contribution in [0.1, 0.15) is 6.42 Å². The van der Waals surface area contributed by atoms with Gasteiger partial charge in [-0.2, -0.15) is 0 Å². The first-order valence-electron chi connectivity index (χ1n) is 5.58. The van der Waals surface area contributed by atoms with Gasteiger partial charge in [-0.25, -0.2) is 0 Å². The average molecular weight is 234 g/mol. The molecule has 0 saturated carbocycles. The Morgan fingerprint density at radius 2 is 2.12 bits per heavy atom. The molecule has 16 heavy (non-hydrogen) atoms. The summed E-state index contributed by atoms with van der Waals surface area (Å²) in [7, 11) is 0. The van der Waals surface area contributed by atoms with Gasteiger partial charge in [0.2, 0.25) is 0 Å². The standard InChI is InChI=1S/C13H14O2S/c14-8-9-6-10-7-12(13(9)15-10)16-11-4-2-1-3-5-11/h1-5,7,9-10,13-14H,6,8H2/t9-,10+,13-/m1/s1. The summed E-state index contributed by atoms with van der Waals surface area (Å²) in [5, 5.41) is 9.26. The van der Waals surface area contributed by atoms with Crippen molar-refractivity contribution in [3.8, 4) is 0 Å². The summed E-state index contributed by atoms with van der Waals surface area (Å²) in [6, 6.07) is 10.3. The predicted molar refractivity (Wildman–Crippen MR) is 64.2 cm³/mol. The molecule has 0 amide bonds. The Hall–Kier alpha value is -0.770. The van der Waals surface area contributed by atoms with Gasteiger partial charge < -0.3 is 9.84 Å². The number of aliphatic hydroxyl groups is 1. The minimum atomic E-state index is 0.125. The molecule has 2 bridgehead atoms. The lowest BCUT2D eigenvalue weighted by molar-refractivity contribution is 0.0933. The highest BCUT2D eigenvalue weighted by Gasteiger charge is 2.41. The largest absolute Gasteiger partial charge is 0.396 e. The van der Waals surface area contributed by atoms with Gasteiger partial charge in [0.05, 0.1) is 12.2 Å². The van der Waals surface area contributed by atoms with Gasteiger partial charge in [-0.15, -0.1) is 0 Å². The first-order chi connectivity index (χ1) is 7.86. The number of hydrogen-bond donors (Lipinski definition) is 1. The van der Waals surface area contributed by atoms with Crippen molar-refractivity contribution in [1.29, 1.82) is 0 Å². The molecule has 1 saturated heterocycles. The van der Waals surface area contributed by atoms with Crippen LogP contribution in [0.5, 0.6) is 0 Å². The zero-order chi connectivity index (χ0) is 11.0. The smallest absolute Gasteiger partial charge is 0.0943 e. The van der Waals surface area contributed by atoms with Gasteiger partial charge >= 0.3 is 0 Å². The summed E-state index contributed by atoms with van der Waals surface area (Å²) >= 11 is 1.76. The third-order valence-electron chi connectivity index (χ3n) is 3.13. The third kappa shape index (κ3) is 1.79. The topological polar surface area (TPSA) is 29.5 Å². The number of aliphatic hydroxyl groups excluding tert-OH is 1. The fraction of sp³-hybridized carbons (Fsp3) is 0.385. The summed E-state index contributed by atoms with van der Waals surface area (Å²) in [5.74, 6) is 0.293. The van der Waals surface area contributed by atoms with Gasteiger partial charge in [-0.3, -0.25) is 0 Å². The molecular formula is C13H14O2S. The van der Waals surface area contributed by atoms with Crippen molar-refractivity contribution in [1.82, 2.24) is 0 Å². The molecule has 1 fully saturated rings. The second-order valence-electron chi connectivity index (χ2n) is 4.26. The van der Waals surface area contributed by atoms with Crippen molar-refractivity contribution in [2.24, 2.45) is 5.92 Å². The Kier molecular flexibility index (Phi) is 2.75. The first-order valence-corrected chi connectivity index (χ1v) is 6.39. The molecule has 1 aromatic carbocycles. The molecule has 2 heterocycles. The maximum atomic E-state index is 9.26. The van der Waals surface area contributed by atoms with Crippen molar-refractivity contribution in [3.63, 3.8) is 0 Å². The lowest BCUT2D eigenvalue weighted by atomic mass is 9.95. The summed E-state index contributed by atoms with van der Waals surface area (Å²) in [6.45, 7) is 0.230. The van der Waals surface area contributed by atoms with E-state index in [4.69, 9.17) is 4.74 Å². The molecule has 3 heteroatoms. The fourth-order valence-corrected chi connectivity index (χ4v) is 3.50. The van der Waals surface area contributed by atoms with E-state index in [-0.39, 0.29) is 18.8 Å². The maximum absolute atomic E-state index is 9.26.